The van der Waals surface area contributed by atoms with Crippen LogP contribution in [0.5, 0.6) is 0 Å². The van der Waals surface area contributed by atoms with Crippen molar-refractivity contribution >= 4 is 40.4 Å². The van der Waals surface area contributed by atoms with Crippen LogP contribution in [-0.4, -0.2) is 10.5 Å². The number of hydrogen-bond donors (Lipinski definition) is 1. The van der Waals surface area contributed by atoms with Gasteiger partial charge in [-0.05, 0) is 37.3 Å². The number of carbonyl (C=O) groups is 1. The molecule has 0 saturated heterocycles. The van der Waals surface area contributed by atoms with E-state index < -0.39 is 11.9 Å². The molecule has 4 nitrogen and oxygen atoms in total. The lowest BCUT2D eigenvalue weighted by Crippen LogP contribution is -2.43. The van der Waals surface area contributed by atoms with E-state index in [4.69, 9.17) is 11.6 Å². The number of anilines is 1. The topological polar surface area (TPSA) is 37.9 Å². The summed E-state index contributed by atoms with van der Waals surface area (Å²) in [7, 11) is 0. The van der Waals surface area contributed by atoms with Gasteiger partial charge < -0.3 is 5.32 Å². The number of imidazole rings is 1. The first-order valence-corrected chi connectivity index (χ1v) is 7.78. The Morgan fingerprint density at radius 2 is 2.12 bits per heavy atom. The number of para-hydroxylation sites is 2. The summed E-state index contributed by atoms with van der Waals surface area (Å²) in [5.41, 5.74) is 2.24. The van der Waals surface area contributed by atoms with Crippen LogP contribution in [0.15, 0.2) is 55.4 Å². The van der Waals surface area contributed by atoms with Gasteiger partial charge in [-0.1, -0.05) is 30.3 Å². The normalized spacial score (nSPS) is 12.1. The minimum Gasteiger partial charge on any atom is -0.321 e. The second kappa shape index (κ2) is 6.45. The number of aromatic nitrogens is 2. The first kappa shape index (κ1) is 16.2. The van der Waals surface area contributed by atoms with Crippen LogP contribution in [0.4, 0.5) is 10.1 Å². The van der Waals surface area contributed by atoms with Crippen molar-refractivity contribution in [1.29, 1.82) is 0 Å². The van der Waals surface area contributed by atoms with Gasteiger partial charge in [0.15, 0.2) is 17.1 Å². The van der Waals surface area contributed by atoms with Crippen LogP contribution in [0.1, 0.15) is 13.0 Å². The Labute approximate surface area is 143 Å². The summed E-state index contributed by atoms with van der Waals surface area (Å²) >= 11 is 5.97. The van der Waals surface area contributed by atoms with E-state index in [-0.39, 0.29) is 10.9 Å². The summed E-state index contributed by atoms with van der Waals surface area (Å²) in [6.07, 6.45) is 3.49. The molecule has 3 rings (SSSR count). The molecule has 1 heterocycles. The third kappa shape index (κ3) is 2.90. The molecule has 1 atom stereocenters. The Kier molecular flexibility index (Phi) is 4.36. The molecule has 0 radical (unpaired) electrons. The molecule has 24 heavy (non-hydrogen) atoms. The summed E-state index contributed by atoms with van der Waals surface area (Å²) in [5.74, 6) is -0.699. The fourth-order valence-corrected chi connectivity index (χ4v) is 2.78. The van der Waals surface area contributed by atoms with Crippen LogP contribution in [0.2, 0.25) is 5.02 Å². The van der Waals surface area contributed by atoms with Crippen molar-refractivity contribution in [3.05, 3.63) is 66.2 Å². The maximum Gasteiger partial charge on any atom is 0.269 e. The third-order valence-electron chi connectivity index (χ3n) is 3.87. The lowest BCUT2D eigenvalue weighted by molar-refractivity contribution is -0.680. The highest BCUT2D eigenvalue weighted by Gasteiger charge is 2.25. The minimum absolute atomic E-state index is 0.161. The van der Waals surface area contributed by atoms with E-state index in [1.165, 1.54) is 18.2 Å². The third-order valence-corrected chi connectivity index (χ3v) is 4.18. The predicted octanol–water partition coefficient (Wildman–Crippen LogP) is 4.02. The SMILES string of the molecule is C=Cn1c[n+]([C@@H](C)C(=O)Nc2ccc(F)cc2Cl)c2ccccc21. The molecule has 0 saturated carbocycles. The van der Waals surface area contributed by atoms with Crippen molar-refractivity contribution in [3.8, 4) is 0 Å². The largest absolute Gasteiger partial charge is 0.321 e. The predicted molar refractivity (Wildman–Crippen MR) is 93.3 cm³/mol. The van der Waals surface area contributed by atoms with Gasteiger partial charge in [-0.15, -0.1) is 0 Å². The van der Waals surface area contributed by atoms with Gasteiger partial charge in [0.1, 0.15) is 5.82 Å². The van der Waals surface area contributed by atoms with Crippen molar-refractivity contribution < 1.29 is 13.8 Å². The average molecular weight is 345 g/mol. The summed E-state index contributed by atoms with van der Waals surface area (Å²) in [6, 6.07) is 11.1. The maximum atomic E-state index is 13.1. The number of amides is 1. The smallest absolute Gasteiger partial charge is 0.269 e. The Morgan fingerprint density at radius 3 is 2.83 bits per heavy atom. The molecule has 6 heteroatoms. The fourth-order valence-electron chi connectivity index (χ4n) is 2.57. The zero-order valence-electron chi connectivity index (χ0n) is 13.0. The highest BCUT2D eigenvalue weighted by Crippen LogP contribution is 2.23. The lowest BCUT2D eigenvalue weighted by atomic mass is 10.2. The number of benzene rings is 2. The quantitative estimate of drug-likeness (QED) is 0.713. The van der Waals surface area contributed by atoms with Crippen LogP contribution in [0, 0.1) is 5.82 Å². The Morgan fingerprint density at radius 1 is 1.38 bits per heavy atom. The minimum atomic E-state index is -0.489. The van der Waals surface area contributed by atoms with Gasteiger partial charge in [0.25, 0.3) is 5.91 Å². The summed E-state index contributed by atoms with van der Waals surface area (Å²) in [5, 5.41) is 2.90. The van der Waals surface area contributed by atoms with Crippen molar-refractivity contribution in [2.24, 2.45) is 0 Å². The van der Waals surface area contributed by atoms with E-state index in [2.05, 4.69) is 11.9 Å². The van der Waals surface area contributed by atoms with Crippen LogP contribution in [0.3, 0.4) is 0 Å². The monoisotopic (exact) mass is 344 g/mol. The van der Waals surface area contributed by atoms with Gasteiger partial charge >= 0.3 is 0 Å². The Hall–Kier alpha value is -2.66. The number of carbonyl (C=O) groups excluding carboxylic acids is 1. The van der Waals surface area contributed by atoms with Crippen molar-refractivity contribution in [3.63, 3.8) is 0 Å². The molecule has 2 aromatic carbocycles. The summed E-state index contributed by atoms with van der Waals surface area (Å²) in [4.78, 5) is 12.6. The molecule has 0 aliphatic rings. The van der Waals surface area contributed by atoms with Gasteiger partial charge in [0.05, 0.1) is 16.9 Å². The van der Waals surface area contributed by atoms with E-state index in [0.29, 0.717) is 5.69 Å². The molecule has 0 spiro atoms. The maximum absolute atomic E-state index is 13.1. The number of nitrogens with one attached hydrogen (secondary N) is 1. The number of halogens is 2. The van der Waals surface area contributed by atoms with E-state index in [9.17, 15) is 9.18 Å². The molecule has 122 valence electrons. The second-order valence-electron chi connectivity index (χ2n) is 5.39. The number of nitrogens with zero attached hydrogens (tertiary/aromatic N) is 2. The standard InChI is InChI=1S/C18H15ClFN3O/c1-3-22-11-23(17-7-5-4-6-16(17)22)12(2)18(24)21-15-9-8-13(20)10-14(15)19/h3-12H,1H2,2H3/p+1/t12-/m0/s1. The van der Waals surface area contributed by atoms with Crippen molar-refractivity contribution in [2.75, 3.05) is 5.32 Å². The molecule has 1 aromatic heterocycles. The van der Waals surface area contributed by atoms with E-state index >= 15 is 0 Å². The van der Waals surface area contributed by atoms with Crippen molar-refractivity contribution in [1.82, 2.24) is 4.57 Å². The van der Waals surface area contributed by atoms with Crippen LogP contribution >= 0.6 is 11.6 Å². The molecular formula is C18H16ClFN3O+. The number of hydrogen-bond acceptors (Lipinski definition) is 1. The number of rotatable bonds is 4. The van der Waals surface area contributed by atoms with Crippen molar-refractivity contribution in [2.45, 2.75) is 13.0 Å². The molecule has 0 unspecified atom stereocenters. The van der Waals surface area contributed by atoms with Gasteiger partial charge in [-0.25, -0.2) is 13.5 Å². The first-order chi connectivity index (χ1) is 11.5. The lowest BCUT2D eigenvalue weighted by Gasteiger charge is -2.11. The van der Waals surface area contributed by atoms with Crippen LogP contribution < -0.4 is 9.88 Å². The molecule has 3 aromatic rings. The Balaban J connectivity index is 1.92. The average Bonchev–Trinajstić information content (AvgIpc) is 2.95. The van der Waals surface area contributed by atoms with Gasteiger partial charge in [0.2, 0.25) is 6.33 Å². The van der Waals surface area contributed by atoms with Gasteiger partial charge in [-0.3, -0.25) is 4.79 Å². The summed E-state index contributed by atoms with van der Waals surface area (Å²) < 4.78 is 16.8. The van der Waals surface area contributed by atoms with E-state index in [1.54, 1.807) is 13.1 Å². The molecular weight excluding hydrogens is 329 g/mol. The second-order valence-corrected chi connectivity index (χ2v) is 5.80. The summed E-state index contributed by atoms with van der Waals surface area (Å²) in [6.45, 7) is 5.57. The van der Waals surface area contributed by atoms with Gasteiger partial charge in [0, 0.05) is 0 Å². The zero-order valence-corrected chi connectivity index (χ0v) is 13.8. The van der Waals surface area contributed by atoms with Crippen LogP contribution in [-0.2, 0) is 4.79 Å². The first-order valence-electron chi connectivity index (χ1n) is 7.40. The van der Waals surface area contributed by atoms with E-state index in [0.717, 1.165) is 11.0 Å². The highest BCUT2D eigenvalue weighted by atomic mass is 35.5. The molecule has 0 aliphatic carbocycles. The highest BCUT2D eigenvalue weighted by molar-refractivity contribution is 6.33. The molecule has 0 aliphatic heterocycles. The number of fused-ring (bicyclic) bond motifs is 1. The van der Waals surface area contributed by atoms with Gasteiger partial charge in [-0.2, -0.15) is 0 Å². The van der Waals surface area contributed by atoms with E-state index in [1.807, 2.05) is 39.7 Å². The molecule has 1 amide bonds. The zero-order chi connectivity index (χ0) is 17.3. The molecule has 0 bridgehead atoms. The Bertz CT molecular complexity index is 935. The van der Waals surface area contributed by atoms with Crippen LogP contribution in [0.25, 0.3) is 17.2 Å². The fraction of sp³-hybridized carbons (Fsp3) is 0.111. The molecule has 0 fully saturated rings. The molecule has 1 N–H and O–H groups in total.